The minimum Gasteiger partial charge on any atom is -0.395 e. The number of hydrogen-bond donors (Lipinski definition) is 1. The van der Waals surface area contributed by atoms with E-state index in [4.69, 9.17) is 5.11 Å². The van der Waals surface area contributed by atoms with E-state index in [1.54, 1.807) is 7.05 Å². The zero-order chi connectivity index (χ0) is 14.6. The minimum atomic E-state index is -0.305. The van der Waals surface area contributed by atoms with E-state index in [1.807, 2.05) is 0 Å². The highest BCUT2D eigenvalue weighted by molar-refractivity contribution is 5.02. The Morgan fingerprint density at radius 1 is 1.21 bits per heavy atom. The molecule has 0 aliphatic carbocycles. The molecule has 1 aromatic heterocycles. The molecular formula is C13H23N3O3. The number of aliphatic hydroxyl groups excluding tert-OH is 1. The summed E-state index contributed by atoms with van der Waals surface area (Å²) in [6.07, 6.45) is 0.611. The van der Waals surface area contributed by atoms with Crippen LogP contribution in [0, 0.1) is 0 Å². The Labute approximate surface area is 112 Å². The van der Waals surface area contributed by atoms with Crippen LogP contribution in [0.2, 0.25) is 0 Å². The standard InChI is InChI=1S/C13H23N3O3/c1-10(2)16(7-8-17)6-5-11-9-12(18)15(4)13(19)14(11)3/h9-10,17H,5-8H2,1-4H3. The Morgan fingerprint density at radius 2 is 1.84 bits per heavy atom. The summed E-state index contributed by atoms with van der Waals surface area (Å²) < 4.78 is 2.59. The van der Waals surface area contributed by atoms with Crippen molar-refractivity contribution in [2.24, 2.45) is 14.1 Å². The molecule has 0 saturated carbocycles. The number of hydrogen-bond acceptors (Lipinski definition) is 4. The molecule has 0 saturated heterocycles. The van der Waals surface area contributed by atoms with Crippen molar-refractivity contribution in [2.75, 3.05) is 19.7 Å². The predicted octanol–water partition coefficient (Wildman–Crippen LogP) is -0.671. The molecule has 1 rings (SSSR count). The monoisotopic (exact) mass is 269 g/mol. The lowest BCUT2D eigenvalue weighted by atomic mass is 10.2. The van der Waals surface area contributed by atoms with Crippen LogP contribution in [-0.4, -0.2) is 44.9 Å². The Bertz CT molecular complexity index is 531. The van der Waals surface area contributed by atoms with Gasteiger partial charge in [0.2, 0.25) is 0 Å². The van der Waals surface area contributed by atoms with Gasteiger partial charge in [-0.2, -0.15) is 0 Å². The summed E-state index contributed by atoms with van der Waals surface area (Å²) in [4.78, 5) is 25.5. The lowest BCUT2D eigenvalue weighted by Crippen LogP contribution is -2.40. The summed E-state index contributed by atoms with van der Waals surface area (Å²) >= 11 is 0. The Kier molecular flexibility index (Phi) is 5.50. The molecule has 1 heterocycles. The number of aromatic nitrogens is 2. The van der Waals surface area contributed by atoms with Crippen molar-refractivity contribution in [3.63, 3.8) is 0 Å². The molecule has 0 spiro atoms. The summed E-state index contributed by atoms with van der Waals surface area (Å²) in [5.41, 5.74) is 0.133. The Hall–Kier alpha value is -1.40. The number of rotatable bonds is 6. The Balaban J connectivity index is 2.89. The van der Waals surface area contributed by atoms with Gasteiger partial charge in [0.1, 0.15) is 0 Å². The van der Waals surface area contributed by atoms with Crippen molar-refractivity contribution >= 4 is 0 Å². The van der Waals surface area contributed by atoms with E-state index >= 15 is 0 Å². The third kappa shape index (κ3) is 3.78. The smallest absolute Gasteiger partial charge is 0.330 e. The molecule has 0 fully saturated rings. The molecule has 6 heteroatoms. The fourth-order valence-corrected chi connectivity index (χ4v) is 2.03. The van der Waals surface area contributed by atoms with Crippen molar-refractivity contribution in [1.82, 2.24) is 14.0 Å². The molecule has 0 unspecified atom stereocenters. The maximum atomic E-state index is 11.8. The van der Waals surface area contributed by atoms with Gasteiger partial charge in [-0.1, -0.05) is 0 Å². The zero-order valence-electron chi connectivity index (χ0n) is 12.1. The summed E-state index contributed by atoms with van der Waals surface area (Å²) in [5.74, 6) is 0. The van der Waals surface area contributed by atoms with Crippen LogP contribution in [0.25, 0.3) is 0 Å². The van der Waals surface area contributed by atoms with Crippen molar-refractivity contribution in [1.29, 1.82) is 0 Å². The van der Waals surface area contributed by atoms with Gasteiger partial charge < -0.3 is 9.67 Å². The van der Waals surface area contributed by atoms with Gasteiger partial charge in [-0.05, 0) is 13.8 Å². The molecule has 1 aromatic rings. The van der Waals surface area contributed by atoms with Crippen LogP contribution in [-0.2, 0) is 20.5 Å². The van der Waals surface area contributed by atoms with Gasteiger partial charge in [0, 0.05) is 51.4 Å². The van der Waals surface area contributed by atoms with E-state index in [0.29, 0.717) is 25.6 Å². The molecule has 108 valence electrons. The van der Waals surface area contributed by atoms with Crippen LogP contribution in [0.3, 0.4) is 0 Å². The summed E-state index contributed by atoms with van der Waals surface area (Å²) in [7, 11) is 3.14. The second-order valence-electron chi connectivity index (χ2n) is 4.98. The van der Waals surface area contributed by atoms with Crippen molar-refractivity contribution < 1.29 is 5.11 Å². The molecule has 0 amide bonds. The number of nitrogens with zero attached hydrogens (tertiary/aromatic N) is 3. The van der Waals surface area contributed by atoms with E-state index < -0.39 is 0 Å². The van der Waals surface area contributed by atoms with E-state index in [9.17, 15) is 9.59 Å². The third-order valence-corrected chi connectivity index (χ3v) is 3.40. The first-order valence-corrected chi connectivity index (χ1v) is 6.49. The second-order valence-corrected chi connectivity index (χ2v) is 4.98. The van der Waals surface area contributed by atoms with Crippen molar-refractivity contribution in [3.8, 4) is 0 Å². The third-order valence-electron chi connectivity index (χ3n) is 3.40. The molecule has 1 N–H and O–H groups in total. The van der Waals surface area contributed by atoms with Gasteiger partial charge in [0.05, 0.1) is 6.61 Å². The molecule has 0 atom stereocenters. The van der Waals surface area contributed by atoms with E-state index in [1.165, 1.54) is 17.7 Å². The summed E-state index contributed by atoms with van der Waals surface area (Å²) in [5, 5.41) is 9.01. The van der Waals surface area contributed by atoms with Gasteiger partial charge in [-0.3, -0.25) is 14.3 Å². The maximum Gasteiger partial charge on any atom is 0.330 e. The van der Waals surface area contributed by atoms with Crippen LogP contribution >= 0.6 is 0 Å². The fraction of sp³-hybridized carbons (Fsp3) is 0.692. The normalized spacial score (nSPS) is 11.5. The zero-order valence-corrected chi connectivity index (χ0v) is 12.1. The van der Waals surface area contributed by atoms with Gasteiger partial charge in [0.15, 0.2) is 0 Å². The first-order valence-electron chi connectivity index (χ1n) is 6.49. The van der Waals surface area contributed by atoms with E-state index in [2.05, 4.69) is 18.7 Å². The number of aliphatic hydroxyl groups is 1. The van der Waals surface area contributed by atoms with E-state index in [0.717, 1.165) is 10.3 Å². The first kappa shape index (κ1) is 15.7. The molecule has 0 bridgehead atoms. The lowest BCUT2D eigenvalue weighted by Gasteiger charge is -2.25. The SMILES string of the molecule is CC(C)N(CCO)CCc1cc(=O)n(C)c(=O)n1C. The fourth-order valence-electron chi connectivity index (χ4n) is 2.03. The van der Waals surface area contributed by atoms with Crippen LogP contribution in [0.5, 0.6) is 0 Å². The van der Waals surface area contributed by atoms with Crippen LogP contribution in [0.4, 0.5) is 0 Å². The molecule has 0 aliphatic heterocycles. The van der Waals surface area contributed by atoms with Gasteiger partial charge in [-0.15, -0.1) is 0 Å². The summed E-state index contributed by atoms with van der Waals surface area (Å²) in [6, 6.07) is 1.81. The largest absolute Gasteiger partial charge is 0.395 e. The first-order chi connectivity index (χ1) is 8.88. The van der Waals surface area contributed by atoms with Crippen molar-refractivity contribution in [2.45, 2.75) is 26.3 Å². The second kappa shape index (κ2) is 6.68. The topological polar surface area (TPSA) is 67.5 Å². The molecule has 0 radical (unpaired) electrons. The molecule has 19 heavy (non-hydrogen) atoms. The predicted molar refractivity (Wildman–Crippen MR) is 74.4 cm³/mol. The molecule has 6 nitrogen and oxygen atoms in total. The quantitative estimate of drug-likeness (QED) is 0.744. The molecule has 0 aliphatic rings. The van der Waals surface area contributed by atoms with Crippen LogP contribution in [0.15, 0.2) is 15.7 Å². The maximum absolute atomic E-state index is 11.8. The summed E-state index contributed by atoms with van der Waals surface area (Å²) in [6.45, 7) is 5.51. The Morgan fingerprint density at radius 3 is 2.37 bits per heavy atom. The highest BCUT2D eigenvalue weighted by Gasteiger charge is 2.11. The van der Waals surface area contributed by atoms with E-state index in [-0.39, 0.29) is 17.9 Å². The highest BCUT2D eigenvalue weighted by atomic mass is 16.3. The van der Waals surface area contributed by atoms with Gasteiger partial charge >= 0.3 is 5.69 Å². The highest BCUT2D eigenvalue weighted by Crippen LogP contribution is 2.01. The minimum absolute atomic E-state index is 0.105. The van der Waals surface area contributed by atoms with Gasteiger partial charge in [-0.25, -0.2) is 4.79 Å². The van der Waals surface area contributed by atoms with Crippen LogP contribution < -0.4 is 11.2 Å². The average Bonchev–Trinajstić information content (AvgIpc) is 2.37. The van der Waals surface area contributed by atoms with Crippen molar-refractivity contribution in [3.05, 3.63) is 32.6 Å². The lowest BCUT2D eigenvalue weighted by molar-refractivity contribution is 0.166. The van der Waals surface area contributed by atoms with Gasteiger partial charge in [0.25, 0.3) is 5.56 Å². The molecular weight excluding hydrogens is 246 g/mol. The average molecular weight is 269 g/mol. The van der Waals surface area contributed by atoms with Crippen LogP contribution in [0.1, 0.15) is 19.5 Å². The molecule has 0 aromatic carbocycles.